The maximum absolute atomic E-state index is 13.5. The Morgan fingerprint density at radius 1 is 1.25 bits per heavy atom. The number of aromatic nitrogens is 1. The third-order valence-electron chi connectivity index (χ3n) is 5.99. The Hall–Kier alpha value is -2.14. The minimum Gasteiger partial charge on any atom is -0.494 e. The highest BCUT2D eigenvalue weighted by molar-refractivity contribution is 5.31. The standard InChI is InChI=1S/C23H31FN2O2/c1-16(18-8-10-21(24)22(14-18)28-2)25-12-4-3-5-17-6-7-19(13-17)20-9-11-23(27)26-15-20/h8-11,14-17,19,25H,3-7,12-13H2,1-2H3,(H,26,27). The molecule has 3 unspecified atom stereocenters. The monoisotopic (exact) mass is 386 g/mol. The highest BCUT2D eigenvalue weighted by Crippen LogP contribution is 2.40. The van der Waals surface area contributed by atoms with Crippen molar-refractivity contribution in [3.8, 4) is 5.75 Å². The molecule has 1 aromatic carbocycles. The van der Waals surface area contributed by atoms with E-state index in [1.807, 2.05) is 18.3 Å². The van der Waals surface area contributed by atoms with E-state index in [0.717, 1.165) is 24.4 Å². The van der Waals surface area contributed by atoms with Crippen LogP contribution in [-0.4, -0.2) is 18.6 Å². The Labute approximate surface area is 166 Å². The van der Waals surface area contributed by atoms with E-state index in [1.165, 1.54) is 50.8 Å². The van der Waals surface area contributed by atoms with Gasteiger partial charge in [0.05, 0.1) is 7.11 Å². The molecule has 1 saturated carbocycles. The summed E-state index contributed by atoms with van der Waals surface area (Å²) in [5.74, 6) is 1.35. The summed E-state index contributed by atoms with van der Waals surface area (Å²) in [4.78, 5) is 14.0. The van der Waals surface area contributed by atoms with Crippen molar-refractivity contribution < 1.29 is 9.13 Å². The third kappa shape index (κ3) is 5.44. The first-order chi connectivity index (χ1) is 13.6. The minimum atomic E-state index is -0.324. The van der Waals surface area contributed by atoms with Crippen molar-refractivity contribution in [2.45, 2.75) is 57.4 Å². The lowest BCUT2D eigenvalue weighted by atomic mass is 9.95. The van der Waals surface area contributed by atoms with Gasteiger partial charge in [-0.2, -0.15) is 0 Å². The van der Waals surface area contributed by atoms with Crippen LogP contribution in [0, 0.1) is 11.7 Å². The number of pyridine rings is 1. The lowest BCUT2D eigenvalue weighted by Crippen LogP contribution is -2.20. The molecule has 1 aliphatic rings. The lowest BCUT2D eigenvalue weighted by Gasteiger charge is -2.16. The third-order valence-corrected chi connectivity index (χ3v) is 5.99. The van der Waals surface area contributed by atoms with Crippen LogP contribution >= 0.6 is 0 Å². The second-order valence-corrected chi connectivity index (χ2v) is 7.93. The van der Waals surface area contributed by atoms with Crippen molar-refractivity contribution in [3.63, 3.8) is 0 Å². The molecule has 0 radical (unpaired) electrons. The molecule has 0 spiro atoms. The Bertz CT molecular complexity index is 800. The summed E-state index contributed by atoms with van der Waals surface area (Å²) in [6.45, 7) is 3.05. The van der Waals surface area contributed by atoms with E-state index in [1.54, 1.807) is 12.1 Å². The second kappa shape index (κ2) is 9.87. The molecule has 2 N–H and O–H groups in total. The van der Waals surface area contributed by atoms with Gasteiger partial charge >= 0.3 is 0 Å². The van der Waals surface area contributed by atoms with E-state index >= 15 is 0 Å². The largest absolute Gasteiger partial charge is 0.494 e. The SMILES string of the molecule is COc1cc(C(C)NCCCCC2CCC(c3ccc(=O)[nH]c3)C2)ccc1F. The Balaban J connectivity index is 1.35. The average molecular weight is 387 g/mol. The minimum absolute atomic E-state index is 0.0286. The summed E-state index contributed by atoms with van der Waals surface area (Å²) in [7, 11) is 1.49. The topological polar surface area (TPSA) is 54.1 Å². The maximum atomic E-state index is 13.5. The van der Waals surface area contributed by atoms with E-state index in [0.29, 0.717) is 11.7 Å². The highest BCUT2D eigenvalue weighted by Gasteiger charge is 2.25. The summed E-state index contributed by atoms with van der Waals surface area (Å²) in [5.41, 5.74) is 2.28. The summed E-state index contributed by atoms with van der Waals surface area (Å²) in [6.07, 6.45) is 9.23. The van der Waals surface area contributed by atoms with Crippen LogP contribution in [0.2, 0.25) is 0 Å². The van der Waals surface area contributed by atoms with Crippen LogP contribution in [0.15, 0.2) is 41.3 Å². The molecule has 152 valence electrons. The number of unbranched alkanes of at least 4 members (excludes halogenated alkanes) is 1. The summed E-state index contributed by atoms with van der Waals surface area (Å²) in [5, 5.41) is 3.52. The van der Waals surface area contributed by atoms with E-state index in [9.17, 15) is 9.18 Å². The molecule has 0 amide bonds. The summed E-state index contributed by atoms with van der Waals surface area (Å²) < 4.78 is 18.6. The first-order valence-electron chi connectivity index (χ1n) is 10.3. The Morgan fingerprint density at radius 3 is 2.86 bits per heavy atom. The van der Waals surface area contributed by atoms with Gasteiger partial charge in [-0.1, -0.05) is 25.0 Å². The zero-order chi connectivity index (χ0) is 19.9. The maximum Gasteiger partial charge on any atom is 0.247 e. The molecule has 1 aromatic heterocycles. The molecule has 2 aromatic rings. The van der Waals surface area contributed by atoms with Gasteiger partial charge in [-0.05, 0) is 74.2 Å². The van der Waals surface area contributed by atoms with Crippen molar-refractivity contribution >= 4 is 0 Å². The molecule has 1 fully saturated rings. The van der Waals surface area contributed by atoms with Gasteiger partial charge in [-0.3, -0.25) is 4.79 Å². The Morgan fingerprint density at radius 2 is 2.11 bits per heavy atom. The van der Waals surface area contributed by atoms with Gasteiger partial charge < -0.3 is 15.0 Å². The van der Waals surface area contributed by atoms with Crippen molar-refractivity contribution in [1.29, 1.82) is 0 Å². The predicted octanol–water partition coefficient (Wildman–Crippen LogP) is 4.93. The fourth-order valence-corrected chi connectivity index (χ4v) is 4.26. The first-order valence-corrected chi connectivity index (χ1v) is 10.3. The predicted molar refractivity (Wildman–Crippen MR) is 110 cm³/mol. The number of halogens is 1. The van der Waals surface area contributed by atoms with E-state index in [2.05, 4.69) is 17.2 Å². The lowest BCUT2D eigenvalue weighted by molar-refractivity contribution is 0.385. The number of aromatic amines is 1. The molecule has 3 atom stereocenters. The molecule has 3 rings (SSSR count). The molecular formula is C23H31FN2O2. The number of methoxy groups -OCH3 is 1. The van der Waals surface area contributed by atoms with Crippen molar-refractivity contribution in [3.05, 3.63) is 63.8 Å². The van der Waals surface area contributed by atoms with Gasteiger partial charge in [-0.15, -0.1) is 0 Å². The van der Waals surface area contributed by atoms with Gasteiger partial charge in [0.25, 0.3) is 0 Å². The van der Waals surface area contributed by atoms with Crippen LogP contribution in [0.25, 0.3) is 0 Å². The number of hydrogen-bond acceptors (Lipinski definition) is 3. The van der Waals surface area contributed by atoms with Gasteiger partial charge in [0.15, 0.2) is 11.6 Å². The number of benzene rings is 1. The van der Waals surface area contributed by atoms with Crippen LogP contribution in [0.3, 0.4) is 0 Å². The molecule has 28 heavy (non-hydrogen) atoms. The van der Waals surface area contributed by atoms with E-state index in [4.69, 9.17) is 4.74 Å². The molecule has 5 heteroatoms. The van der Waals surface area contributed by atoms with Crippen molar-refractivity contribution in [2.24, 2.45) is 5.92 Å². The average Bonchev–Trinajstić information content (AvgIpc) is 3.17. The molecule has 0 aliphatic heterocycles. The molecule has 1 heterocycles. The molecular weight excluding hydrogens is 355 g/mol. The highest BCUT2D eigenvalue weighted by atomic mass is 19.1. The molecule has 1 aliphatic carbocycles. The fraction of sp³-hybridized carbons (Fsp3) is 0.522. The van der Waals surface area contributed by atoms with Gasteiger partial charge in [0.2, 0.25) is 5.56 Å². The number of H-pyrrole nitrogens is 1. The first kappa shape index (κ1) is 20.6. The van der Waals surface area contributed by atoms with E-state index < -0.39 is 0 Å². The number of rotatable bonds is 9. The fourth-order valence-electron chi connectivity index (χ4n) is 4.26. The quantitative estimate of drug-likeness (QED) is 0.601. The zero-order valence-corrected chi connectivity index (χ0v) is 16.8. The van der Waals surface area contributed by atoms with Crippen LogP contribution in [-0.2, 0) is 0 Å². The Kier molecular flexibility index (Phi) is 7.26. The number of nitrogens with one attached hydrogen (secondary N) is 2. The summed E-state index contributed by atoms with van der Waals surface area (Å²) in [6, 6.07) is 8.82. The normalized spacial score (nSPS) is 20.2. The van der Waals surface area contributed by atoms with Crippen LogP contribution in [0.4, 0.5) is 4.39 Å². The van der Waals surface area contributed by atoms with Crippen LogP contribution in [0.1, 0.15) is 68.5 Å². The van der Waals surface area contributed by atoms with Gasteiger partial charge in [0, 0.05) is 18.3 Å². The van der Waals surface area contributed by atoms with Gasteiger partial charge in [-0.25, -0.2) is 4.39 Å². The van der Waals surface area contributed by atoms with Crippen LogP contribution < -0.4 is 15.6 Å². The summed E-state index contributed by atoms with van der Waals surface area (Å²) >= 11 is 0. The second-order valence-electron chi connectivity index (χ2n) is 7.93. The van der Waals surface area contributed by atoms with Gasteiger partial charge in [0.1, 0.15) is 0 Å². The molecule has 0 saturated heterocycles. The number of hydrogen-bond donors (Lipinski definition) is 2. The number of ether oxygens (including phenoxy) is 1. The van der Waals surface area contributed by atoms with Crippen molar-refractivity contribution in [1.82, 2.24) is 10.3 Å². The van der Waals surface area contributed by atoms with E-state index in [-0.39, 0.29) is 17.4 Å². The molecule has 4 nitrogen and oxygen atoms in total. The van der Waals surface area contributed by atoms with Crippen molar-refractivity contribution in [2.75, 3.05) is 13.7 Å². The zero-order valence-electron chi connectivity index (χ0n) is 16.8. The van der Waals surface area contributed by atoms with Crippen LogP contribution in [0.5, 0.6) is 5.75 Å². The smallest absolute Gasteiger partial charge is 0.247 e. The molecule has 0 bridgehead atoms.